The molecule has 6 aromatic carbocycles. The number of nitrogens with zero attached hydrogens (tertiary/aromatic N) is 1. The molecule has 1 heterocycles. The largest absolute Gasteiger partial charge is 0.302 e. The molecule has 3 heteroatoms. The molecule has 0 fully saturated rings. The number of hydrogen-bond donors (Lipinski definition) is 0. The van der Waals surface area contributed by atoms with E-state index in [0.29, 0.717) is 12.0 Å². The van der Waals surface area contributed by atoms with E-state index in [4.69, 9.17) is 0 Å². The van der Waals surface area contributed by atoms with Crippen LogP contribution in [0.25, 0.3) is 0 Å². The third kappa shape index (κ3) is 5.15. The van der Waals surface area contributed by atoms with Crippen LogP contribution in [0.4, 0.5) is 10.1 Å². The first-order chi connectivity index (χ1) is 23.1. The fourth-order valence-electron chi connectivity index (χ4n) is 8.12. The van der Waals surface area contributed by atoms with Gasteiger partial charge in [0.25, 0.3) is 5.91 Å². The molecule has 0 aliphatic carbocycles. The molecule has 238 valence electrons. The maximum Gasteiger partial charge on any atom is 0.258 e. The fraction of sp³-hybridized carbons (Fsp3) is 0.178. The molecule has 0 radical (unpaired) electrons. The Balaban J connectivity index is 1.55. The van der Waals surface area contributed by atoms with Crippen LogP contribution in [0.5, 0.6) is 0 Å². The highest BCUT2D eigenvalue weighted by Gasteiger charge is 2.49. The van der Waals surface area contributed by atoms with Crippen molar-refractivity contribution in [3.63, 3.8) is 0 Å². The zero-order valence-electron chi connectivity index (χ0n) is 28.0. The van der Waals surface area contributed by atoms with Gasteiger partial charge in [0.05, 0.1) is 5.41 Å². The lowest BCUT2D eigenvalue weighted by atomic mass is 9.61. The molecule has 1 amide bonds. The lowest BCUT2D eigenvalue weighted by Crippen LogP contribution is -2.56. The maximum atomic E-state index is 14.5. The van der Waals surface area contributed by atoms with E-state index < -0.39 is 16.4 Å². The van der Waals surface area contributed by atoms with Crippen LogP contribution in [0.15, 0.2) is 158 Å². The summed E-state index contributed by atoms with van der Waals surface area (Å²) in [5.41, 5.74) is 7.51. The molecule has 7 rings (SSSR count). The van der Waals surface area contributed by atoms with Crippen LogP contribution in [0.3, 0.4) is 0 Å². The van der Waals surface area contributed by atoms with E-state index in [1.807, 2.05) is 48.2 Å². The second-order valence-corrected chi connectivity index (χ2v) is 13.9. The SMILES string of the molecule is Cc1ccc(C(=O)N2c3ccc(C(c4ccccc4)(c4ccccc4)c4ccccc4)cc3[C@](C)(c3ccc(F)cc3)CC2(C)C)cc1. The smallest absolute Gasteiger partial charge is 0.258 e. The highest BCUT2D eigenvalue weighted by atomic mass is 19.1. The van der Waals surface area contributed by atoms with E-state index in [2.05, 4.69) is 130 Å². The molecular weight excluding hydrogens is 589 g/mol. The normalized spacial score (nSPS) is 17.1. The summed E-state index contributed by atoms with van der Waals surface area (Å²) in [6, 6.07) is 53.3. The Morgan fingerprint density at radius 2 is 1.12 bits per heavy atom. The van der Waals surface area contributed by atoms with Crippen LogP contribution in [0.1, 0.15) is 76.5 Å². The molecule has 1 atom stereocenters. The Morgan fingerprint density at radius 1 is 0.625 bits per heavy atom. The molecule has 0 bridgehead atoms. The summed E-state index contributed by atoms with van der Waals surface area (Å²) in [6.45, 7) is 8.55. The molecule has 48 heavy (non-hydrogen) atoms. The first kappa shape index (κ1) is 31.3. The van der Waals surface area contributed by atoms with Gasteiger partial charge in [-0.2, -0.15) is 0 Å². The number of benzene rings is 6. The van der Waals surface area contributed by atoms with Gasteiger partial charge >= 0.3 is 0 Å². The van der Waals surface area contributed by atoms with Gasteiger partial charge in [-0.05, 0) is 90.9 Å². The van der Waals surface area contributed by atoms with Gasteiger partial charge < -0.3 is 4.90 Å². The van der Waals surface area contributed by atoms with Crippen LogP contribution in [-0.2, 0) is 10.8 Å². The fourth-order valence-corrected chi connectivity index (χ4v) is 8.12. The lowest BCUT2D eigenvalue weighted by molar-refractivity contribution is 0.0948. The summed E-state index contributed by atoms with van der Waals surface area (Å²) < 4.78 is 14.3. The molecule has 0 spiro atoms. The van der Waals surface area contributed by atoms with Crippen molar-refractivity contribution >= 4 is 11.6 Å². The number of carbonyl (C=O) groups excluding carboxylic acids is 1. The molecular formula is C45H40FNO. The molecule has 0 unspecified atom stereocenters. The Bertz CT molecular complexity index is 1960. The highest BCUT2D eigenvalue weighted by molar-refractivity contribution is 6.08. The predicted octanol–water partition coefficient (Wildman–Crippen LogP) is 10.7. The lowest BCUT2D eigenvalue weighted by Gasteiger charge is -2.52. The molecule has 2 nitrogen and oxygen atoms in total. The summed E-state index contributed by atoms with van der Waals surface area (Å²) >= 11 is 0. The van der Waals surface area contributed by atoms with E-state index in [1.165, 1.54) is 0 Å². The van der Waals surface area contributed by atoms with Crippen molar-refractivity contribution in [2.24, 2.45) is 0 Å². The molecule has 0 saturated carbocycles. The molecule has 0 aromatic heterocycles. The first-order valence-corrected chi connectivity index (χ1v) is 16.6. The number of carbonyl (C=O) groups is 1. The van der Waals surface area contributed by atoms with E-state index >= 15 is 0 Å². The van der Waals surface area contributed by atoms with Crippen LogP contribution in [-0.4, -0.2) is 11.4 Å². The Hall–Kier alpha value is -5.28. The van der Waals surface area contributed by atoms with Gasteiger partial charge in [0.1, 0.15) is 5.82 Å². The Kier molecular flexibility index (Phi) is 7.87. The second-order valence-electron chi connectivity index (χ2n) is 13.9. The average Bonchev–Trinajstić information content (AvgIpc) is 3.10. The molecule has 6 aromatic rings. The maximum absolute atomic E-state index is 14.5. The quantitative estimate of drug-likeness (QED) is 0.168. The summed E-state index contributed by atoms with van der Waals surface area (Å²) in [5.74, 6) is -0.297. The summed E-state index contributed by atoms with van der Waals surface area (Å²) in [4.78, 5) is 16.5. The van der Waals surface area contributed by atoms with Gasteiger partial charge in [-0.25, -0.2) is 4.39 Å². The average molecular weight is 630 g/mol. The van der Waals surface area contributed by atoms with E-state index in [9.17, 15) is 9.18 Å². The second kappa shape index (κ2) is 12.1. The van der Waals surface area contributed by atoms with Gasteiger partial charge in [0.2, 0.25) is 0 Å². The van der Waals surface area contributed by atoms with Crippen LogP contribution < -0.4 is 4.90 Å². The van der Waals surface area contributed by atoms with Crippen molar-refractivity contribution in [2.45, 2.75) is 50.5 Å². The van der Waals surface area contributed by atoms with E-state index in [-0.39, 0.29) is 11.7 Å². The zero-order valence-corrected chi connectivity index (χ0v) is 28.0. The summed E-state index contributed by atoms with van der Waals surface area (Å²) in [7, 11) is 0. The van der Waals surface area contributed by atoms with Crippen LogP contribution >= 0.6 is 0 Å². The number of halogens is 1. The van der Waals surface area contributed by atoms with Crippen molar-refractivity contribution in [1.82, 2.24) is 0 Å². The highest BCUT2D eigenvalue weighted by Crippen LogP contribution is 2.54. The topological polar surface area (TPSA) is 20.3 Å². The summed E-state index contributed by atoms with van der Waals surface area (Å²) in [5, 5.41) is 0. The van der Waals surface area contributed by atoms with Crippen molar-refractivity contribution in [3.05, 3.63) is 208 Å². The van der Waals surface area contributed by atoms with Gasteiger partial charge in [0.15, 0.2) is 0 Å². The molecule has 0 saturated heterocycles. The minimum atomic E-state index is -0.652. The van der Waals surface area contributed by atoms with Crippen LogP contribution in [0.2, 0.25) is 0 Å². The minimum absolute atomic E-state index is 0.0319. The molecule has 1 aliphatic heterocycles. The van der Waals surface area contributed by atoms with Crippen molar-refractivity contribution in [3.8, 4) is 0 Å². The Labute approximate surface area is 283 Å². The number of hydrogen-bond acceptors (Lipinski definition) is 1. The van der Waals surface area contributed by atoms with Gasteiger partial charge in [-0.15, -0.1) is 0 Å². The Morgan fingerprint density at radius 3 is 1.62 bits per heavy atom. The number of amides is 1. The van der Waals surface area contributed by atoms with E-state index in [0.717, 1.165) is 44.6 Å². The van der Waals surface area contributed by atoms with Gasteiger partial charge in [-0.3, -0.25) is 4.79 Å². The van der Waals surface area contributed by atoms with Crippen molar-refractivity contribution in [2.75, 3.05) is 4.90 Å². The summed E-state index contributed by atoms with van der Waals surface area (Å²) in [6.07, 6.45) is 0.648. The van der Waals surface area contributed by atoms with Crippen molar-refractivity contribution in [1.29, 1.82) is 0 Å². The van der Waals surface area contributed by atoms with Gasteiger partial charge in [-0.1, -0.05) is 140 Å². The van der Waals surface area contributed by atoms with Crippen molar-refractivity contribution < 1.29 is 9.18 Å². The van der Waals surface area contributed by atoms with E-state index in [1.54, 1.807) is 12.1 Å². The third-order valence-corrected chi connectivity index (χ3v) is 10.3. The predicted molar refractivity (Wildman–Crippen MR) is 194 cm³/mol. The monoisotopic (exact) mass is 629 g/mol. The standard InChI is InChI=1S/C45H40FNO/c1-32-20-22-33(23-21-32)42(48)47-41-29-26-38(30-40(41)44(4,31-43(47,2)3)34-24-27-39(46)28-25-34)45(35-14-8-5-9-15-35,36-16-10-6-11-17-36)37-18-12-7-13-19-37/h5-30H,31H2,1-4H3/t44-/m0/s1. The third-order valence-electron chi connectivity index (χ3n) is 10.3. The number of fused-ring (bicyclic) bond motifs is 1. The number of aryl methyl sites for hydroxylation is 1. The number of anilines is 1. The zero-order chi connectivity index (χ0) is 33.5. The minimum Gasteiger partial charge on any atom is -0.302 e. The number of rotatable bonds is 6. The van der Waals surface area contributed by atoms with Gasteiger partial charge in [0, 0.05) is 22.2 Å². The molecule has 0 N–H and O–H groups in total. The van der Waals surface area contributed by atoms with Crippen LogP contribution in [0, 0.1) is 12.7 Å². The molecule has 1 aliphatic rings. The first-order valence-electron chi connectivity index (χ1n) is 16.6.